The molecule has 4 rings (SSSR count). The number of benzene rings is 2. The quantitative estimate of drug-likeness (QED) is 0.224. The number of hydrogen-bond donors (Lipinski definition) is 0. The number of fused-ring (bicyclic) bond motifs is 1. The number of cyclic esters (lactones) is 1. The van der Waals surface area contributed by atoms with Crippen LogP contribution in [0.25, 0.3) is 5.70 Å². The van der Waals surface area contributed by atoms with Gasteiger partial charge in [-0.3, -0.25) is 0 Å². The van der Waals surface area contributed by atoms with Crippen molar-refractivity contribution in [3.63, 3.8) is 0 Å². The molecular formula is C26H26F6INO4. The molecule has 1 saturated heterocycles. The van der Waals surface area contributed by atoms with Crippen LogP contribution in [0.4, 0.5) is 31.1 Å². The third-order valence-corrected chi connectivity index (χ3v) is 11.7. The van der Waals surface area contributed by atoms with Crippen molar-refractivity contribution in [2.75, 3.05) is 20.3 Å². The second kappa shape index (κ2) is 10.6. The topological polar surface area (TPSA) is 48.0 Å². The summed E-state index contributed by atoms with van der Waals surface area (Å²) in [6, 6.07) is 9.66. The van der Waals surface area contributed by atoms with Crippen LogP contribution in [0.5, 0.6) is 5.75 Å². The van der Waals surface area contributed by atoms with Crippen LogP contribution >= 0.6 is 20.2 Å². The first kappa shape index (κ1) is 28.5. The number of alkyl halides is 6. The van der Waals surface area contributed by atoms with E-state index in [4.69, 9.17) is 12.5 Å². The fourth-order valence-electron chi connectivity index (χ4n) is 4.52. The predicted octanol–water partition coefficient (Wildman–Crippen LogP) is 7.96. The zero-order valence-corrected chi connectivity index (χ0v) is 23.0. The fourth-order valence-corrected chi connectivity index (χ4v) is 10.7. The molecule has 38 heavy (non-hydrogen) atoms. The Kier molecular flexibility index (Phi) is 7.95. The number of amides is 1. The molecule has 0 saturated carbocycles. The number of nitrogens with zero attached hydrogens (tertiary/aromatic N) is 1. The summed E-state index contributed by atoms with van der Waals surface area (Å²) in [5.41, 5.74) is -4.00. The van der Waals surface area contributed by atoms with E-state index in [1.165, 1.54) is 24.1 Å². The van der Waals surface area contributed by atoms with Gasteiger partial charge in [0.05, 0.1) is 0 Å². The number of methoxy groups -OCH3 is 1. The SMILES string of the molecule is CCCC/C(=C(\c1ccc(OC)c(C)c1)N1CCOC1=O)I1OC(C(F)(F)F)(C(F)(F)F)c2ccccc21. The van der Waals surface area contributed by atoms with Gasteiger partial charge in [-0.25, -0.2) is 0 Å². The summed E-state index contributed by atoms with van der Waals surface area (Å²) < 4.78 is 102. The van der Waals surface area contributed by atoms with Crippen LogP contribution in [-0.2, 0) is 13.4 Å². The number of halogens is 7. The summed E-state index contributed by atoms with van der Waals surface area (Å²) in [6.45, 7) is 3.76. The van der Waals surface area contributed by atoms with Crippen LogP contribution in [0.1, 0.15) is 42.9 Å². The van der Waals surface area contributed by atoms with Gasteiger partial charge in [-0.2, -0.15) is 0 Å². The Morgan fingerprint density at radius 3 is 2.34 bits per heavy atom. The number of rotatable bonds is 7. The van der Waals surface area contributed by atoms with E-state index in [-0.39, 0.29) is 28.8 Å². The number of aryl methyl sites for hydroxylation is 1. The van der Waals surface area contributed by atoms with Gasteiger partial charge in [0.1, 0.15) is 0 Å². The van der Waals surface area contributed by atoms with Gasteiger partial charge in [-0.1, -0.05) is 0 Å². The van der Waals surface area contributed by atoms with Gasteiger partial charge in [-0.15, -0.1) is 0 Å². The van der Waals surface area contributed by atoms with Crippen LogP contribution in [-0.4, -0.2) is 43.6 Å². The van der Waals surface area contributed by atoms with Crippen LogP contribution < -0.4 is 4.74 Å². The first-order valence-corrected chi connectivity index (χ1v) is 14.9. The molecule has 2 aromatic rings. The molecule has 208 valence electrons. The van der Waals surface area contributed by atoms with Gasteiger partial charge in [0, 0.05) is 0 Å². The minimum absolute atomic E-state index is 0.0409. The third kappa shape index (κ3) is 4.74. The third-order valence-electron chi connectivity index (χ3n) is 6.34. The van der Waals surface area contributed by atoms with Crippen molar-refractivity contribution in [3.05, 3.63) is 66.3 Å². The molecule has 0 N–H and O–H groups in total. The molecule has 0 atom stereocenters. The zero-order valence-electron chi connectivity index (χ0n) is 20.8. The van der Waals surface area contributed by atoms with Crippen LogP contribution in [0, 0.1) is 10.5 Å². The molecule has 0 bridgehead atoms. The Balaban J connectivity index is 2.03. The Bertz CT molecular complexity index is 1230. The second-order valence-corrected chi connectivity index (χ2v) is 13.1. The molecule has 2 aromatic carbocycles. The molecular weight excluding hydrogens is 631 g/mol. The van der Waals surface area contributed by atoms with E-state index in [2.05, 4.69) is 0 Å². The summed E-state index contributed by atoms with van der Waals surface area (Å²) in [7, 11) is 1.48. The van der Waals surface area contributed by atoms with Gasteiger partial charge in [0.2, 0.25) is 0 Å². The number of allylic oxidation sites excluding steroid dienone is 1. The van der Waals surface area contributed by atoms with E-state index in [0.717, 1.165) is 12.1 Å². The first-order valence-electron chi connectivity index (χ1n) is 11.8. The van der Waals surface area contributed by atoms with Gasteiger partial charge >= 0.3 is 224 Å². The van der Waals surface area contributed by atoms with E-state index in [1.54, 1.807) is 25.1 Å². The van der Waals surface area contributed by atoms with Crippen molar-refractivity contribution < 1.29 is 43.7 Å². The average Bonchev–Trinajstić information content (AvgIpc) is 3.43. The van der Waals surface area contributed by atoms with E-state index in [9.17, 15) is 31.1 Å². The van der Waals surface area contributed by atoms with Crippen molar-refractivity contribution in [3.8, 4) is 5.75 Å². The number of ether oxygens (including phenoxy) is 2. The number of unbranched alkanes of at least 4 members (excludes halogenated alkanes) is 1. The van der Waals surface area contributed by atoms with Crippen LogP contribution in [0.15, 0.2) is 46.0 Å². The molecule has 12 heteroatoms. The standard InChI is InChI=1S/C26H26F6INO4/c1-4-5-9-20(22(34-13-14-37-23(34)35)17-11-12-21(36-3)16(2)15-17)33-19-10-7-6-8-18(19)24(38-33,25(27,28)29)26(30,31)32/h6-8,10-12,15H,4-5,9,13-14H2,1-3H3/b22-20-. The monoisotopic (exact) mass is 657 g/mol. The Hall–Kier alpha value is -2.48. The summed E-state index contributed by atoms with van der Waals surface area (Å²) in [4.78, 5) is 14.0. The van der Waals surface area contributed by atoms with Gasteiger partial charge in [-0.05, 0) is 0 Å². The molecule has 0 aromatic heterocycles. The van der Waals surface area contributed by atoms with Gasteiger partial charge in [0.25, 0.3) is 0 Å². The van der Waals surface area contributed by atoms with Crippen LogP contribution in [0.2, 0.25) is 0 Å². The Morgan fingerprint density at radius 1 is 1.11 bits per heavy atom. The molecule has 2 aliphatic rings. The maximum atomic E-state index is 14.4. The number of hydrogen-bond acceptors (Lipinski definition) is 4. The Morgan fingerprint density at radius 2 is 1.79 bits per heavy atom. The van der Waals surface area contributed by atoms with Crippen LogP contribution in [0.3, 0.4) is 0 Å². The van der Waals surface area contributed by atoms with Crippen molar-refractivity contribution in [2.24, 2.45) is 0 Å². The van der Waals surface area contributed by atoms with Crippen molar-refractivity contribution in [2.45, 2.75) is 51.1 Å². The molecule has 0 unspecified atom stereocenters. The summed E-state index contributed by atoms with van der Waals surface area (Å²) in [5.74, 6) is 0.543. The van der Waals surface area contributed by atoms with E-state index < -0.39 is 49.8 Å². The second-order valence-electron chi connectivity index (χ2n) is 8.79. The zero-order chi connectivity index (χ0) is 27.9. The summed E-state index contributed by atoms with van der Waals surface area (Å²) >= 11 is -3.88. The molecule has 1 amide bonds. The van der Waals surface area contributed by atoms with Crippen molar-refractivity contribution >= 4 is 32.0 Å². The van der Waals surface area contributed by atoms with E-state index in [1.807, 2.05) is 6.92 Å². The van der Waals surface area contributed by atoms with Crippen molar-refractivity contribution in [1.82, 2.24) is 4.90 Å². The summed E-state index contributed by atoms with van der Waals surface area (Å²) in [6.07, 6.45) is -11.0. The molecule has 5 nitrogen and oxygen atoms in total. The molecule has 2 aliphatic heterocycles. The van der Waals surface area contributed by atoms with Gasteiger partial charge < -0.3 is 0 Å². The number of carbonyl (C=O) groups is 1. The van der Waals surface area contributed by atoms with Gasteiger partial charge in [0.15, 0.2) is 0 Å². The normalized spacial score (nSPS) is 18.8. The first-order chi connectivity index (χ1) is 17.9. The maximum absolute atomic E-state index is 14.4. The predicted molar refractivity (Wildman–Crippen MR) is 136 cm³/mol. The Labute approximate surface area is 223 Å². The molecule has 0 spiro atoms. The fraction of sp³-hybridized carbons (Fsp3) is 0.423. The summed E-state index contributed by atoms with van der Waals surface area (Å²) in [5, 5.41) is 0. The minimum atomic E-state index is -5.76. The molecule has 1 fully saturated rings. The average molecular weight is 657 g/mol. The van der Waals surface area contributed by atoms with E-state index >= 15 is 0 Å². The van der Waals surface area contributed by atoms with Crippen molar-refractivity contribution in [1.29, 1.82) is 0 Å². The molecule has 0 radical (unpaired) electrons. The van der Waals surface area contributed by atoms with E-state index in [0.29, 0.717) is 33.3 Å². The number of carbonyl (C=O) groups excluding carboxylic acids is 1. The molecule has 0 aliphatic carbocycles. The molecule has 2 heterocycles.